The molecule has 1 aromatic carbocycles. The fourth-order valence-electron chi connectivity index (χ4n) is 3.12. The average molecular weight is 373 g/mol. The Balaban J connectivity index is 1.60. The minimum Gasteiger partial charge on any atom is -0.379 e. The topological polar surface area (TPSA) is 93.2 Å². The molecule has 0 amide bonds. The molecule has 0 saturated heterocycles. The van der Waals surface area contributed by atoms with Gasteiger partial charge in [0.15, 0.2) is 6.10 Å². The van der Waals surface area contributed by atoms with Crippen LogP contribution >= 0.6 is 0 Å². The second-order valence-electron chi connectivity index (χ2n) is 6.23. The van der Waals surface area contributed by atoms with Gasteiger partial charge in [0, 0.05) is 26.0 Å². The Hall–Kier alpha value is -2.49. The molecule has 0 aliphatic carbocycles. The Kier molecular flexibility index (Phi) is 4.14. The molecule has 0 unspecified atom stereocenters. The molecule has 1 N–H and O–H groups in total. The third-order valence-corrected chi connectivity index (χ3v) is 6.41. The number of nitrogens with zero attached hydrogens (tertiary/aromatic N) is 5. The molecule has 0 spiro atoms. The number of hydrogen-bond donors (Lipinski definition) is 1. The first-order valence-corrected chi connectivity index (χ1v) is 9.68. The van der Waals surface area contributed by atoms with Crippen molar-refractivity contribution in [2.75, 3.05) is 6.54 Å². The molecule has 1 aliphatic rings. The number of fused-ring (bicyclic) bond motifs is 1. The van der Waals surface area contributed by atoms with Crippen molar-refractivity contribution in [2.45, 2.75) is 24.1 Å². The molecule has 9 heteroatoms. The maximum atomic E-state index is 12.8. The second kappa shape index (κ2) is 6.35. The zero-order chi connectivity index (χ0) is 18.3. The molecule has 3 aromatic rings. The van der Waals surface area contributed by atoms with Crippen molar-refractivity contribution < 1.29 is 13.5 Å². The van der Waals surface area contributed by atoms with Crippen molar-refractivity contribution in [2.24, 2.45) is 7.05 Å². The maximum Gasteiger partial charge on any atom is 0.243 e. The van der Waals surface area contributed by atoms with Crippen LogP contribution in [0.15, 0.2) is 53.7 Å². The van der Waals surface area contributed by atoms with E-state index in [0.717, 1.165) is 5.69 Å². The van der Waals surface area contributed by atoms with E-state index in [9.17, 15) is 13.5 Å². The van der Waals surface area contributed by atoms with E-state index in [2.05, 4.69) is 10.1 Å². The van der Waals surface area contributed by atoms with Gasteiger partial charge in [-0.1, -0.05) is 18.2 Å². The van der Waals surface area contributed by atoms with E-state index in [1.54, 1.807) is 65.1 Å². The van der Waals surface area contributed by atoms with Crippen LogP contribution in [0.4, 0.5) is 0 Å². The zero-order valence-electron chi connectivity index (χ0n) is 14.2. The van der Waals surface area contributed by atoms with E-state index >= 15 is 0 Å². The molecule has 0 radical (unpaired) electrons. The third-order valence-electron chi connectivity index (χ3n) is 4.55. The molecule has 2 aromatic heterocycles. The van der Waals surface area contributed by atoms with Crippen LogP contribution in [-0.4, -0.2) is 43.7 Å². The van der Waals surface area contributed by atoms with Crippen LogP contribution in [0.25, 0.3) is 0 Å². The van der Waals surface area contributed by atoms with Crippen molar-refractivity contribution in [3.8, 4) is 0 Å². The molecule has 136 valence electrons. The van der Waals surface area contributed by atoms with Gasteiger partial charge in [-0.3, -0.25) is 4.68 Å². The lowest BCUT2D eigenvalue weighted by Gasteiger charge is -2.26. The summed E-state index contributed by atoms with van der Waals surface area (Å²) in [6.07, 6.45) is 2.41. The monoisotopic (exact) mass is 373 g/mol. The van der Waals surface area contributed by atoms with Crippen LogP contribution in [0, 0.1) is 0 Å². The molecule has 4 rings (SSSR count). The van der Waals surface area contributed by atoms with Crippen molar-refractivity contribution >= 4 is 10.0 Å². The summed E-state index contributed by atoms with van der Waals surface area (Å²) in [6.45, 7) is 0.996. The summed E-state index contributed by atoms with van der Waals surface area (Å²) in [4.78, 5) is 4.43. The lowest BCUT2D eigenvalue weighted by molar-refractivity contribution is 0.200. The molecule has 1 aliphatic heterocycles. The smallest absolute Gasteiger partial charge is 0.243 e. The molecule has 0 saturated carbocycles. The first-order chi connectivity index (χ1) is 12.5. The van der Waals surface area contributed by atoms with E-state index in [1.807, 2.05) is 0 Å². The number of aromatic nitrogens is 4. The third kappa shape index (κ3) is 2.83. The van der Waals surface area contributed by atoms with Gasteiger partial charge in [0.05, 0.1) is 29.4 Å². The molecule has 8 nitrogen and oxygen atoms in total. The standard InChI is InChI=1S/C17H19N5O3S/c1-20-8-7-18-17(20)16(23)15-11-13-12-21(9-10-22(13)19-15)26(24,25)14-5-3-2-4-6-14/h2-8,11,16,23H,9-10,12H2,1H3/t16-/m1/s1. The van der Waals surface area contributed by atoms with Crippen LogP contribution in [0.3, 0.4) is 0 Å². The number of hydrogen-bond acceptors (Lipinski definition) is 5. The fourth-order valence-corrected chi connectivity index (χ4v) is 4.54. The number of aryl methyl sites for hydroxylation is 1. The van der Waals surface area contributed by atoms with E-state index < -0.39 is 16.1 Å². The Labute approximate surface area is 151 Å². The molecule has 0 bridgehead atoms. The fraction of sp³-hybridized carbons (Fsp3) is 0.294. The number of sulfonamides is 1. The summed E-state index contributed by atoms with van der Waals surface area (Å²) >= 11 is 0. The highest BCUT2D eigenvalue weighted by atomic mass is 32.2. The SMILES string of the molecule is Cn1ccnc1[C@H](O)c1cc2n(n1)CCN(S(=O)(=O)c1ccccc1)C2. The Morgan fingerprint density at radius 2 is 1.96 bits per heavy atom. The predicted octanol–water partition coefficient (Wildman–Crippen LogP) is 0.903. The van der Waals surface area contributed by atoms with Crippen LogP contribution in [0.5, 0.6) is 0 Å². The minimum absolute atomic E-state index is 0.220. The summed E-state index contributed by atoms with van der Waals surface area (Å²) in [5.74, 6) is 0.495. The molecule has 26 heavy (non-hydrogen) atoms. The first-order valence-electron chi connectivity index (χ1n) is 8.24. The van der Waals surface area contributed by atoms with Crippen molar-refractivity contribution in [1.82, 2.24) is 23.6 Å². The summed E-state index contributed by atoms with van der Waals surface area (Å²) in [7, 11) is -1.75. The van der Waals surface area contributed by atoms with Crippen LogP contribution in [0.2, 0.25) is 0 Å². The molecule has 0 fully saturated rings. The largest absolute Gasteiger partial charge is 0.379 e. The summed E-state index contributed by atoms with van der Waals surface area (Å²) in [6, 6.07) is 10.1. The highest BCUT2D eigenvalue weighted by Gasteiger charge is 2.30. The quantitative estimate of drug-likeness (QED) is 0.734. The summed E-state index contributed by atoms with van der Waals surface area (Å²) in [5.41, 5.74) is 1.22. The highest BCUT2D eigenvalue weighted by molar-refractivity contribution is 7.89. The van der Waals surface area contributed by atoms with Gasteiger partial charge in [0.1, 0.15) is 5.82 Å². The highest BCUT2D eigenvalue weighted by Crippen LogP contribution is 2.25. The van der Waals surface area contributed by atoms with Crippen LogP contribution < -0.4 is 0 Å². The average Bonchev–Trinajstić information content (AvgIpc) is 3.27. The van der Waals surface area contributed by atoms with Gasteiger partial charge in [0.2, 0.25) is 10.0 Å². The lowest BCUT2D eigenvalue weighted by Crippen LogP contribution is -2.38. The van der Waals surface area contributed by atoms with E-state index in [1.165, 1.54) is 4.31 Å². The zero-order valence-corrected chi connectivity index (χ0v) is 15.0. The van der Waals surface area contributed by atoms with Gasteiger partial charge >= 0.3 is 0 Å². The molecule has 1 atom stereocenters. The Bertz CT molecular complexity index is 1030. The van der Waals surface area contributed by atoms with Gasteiger partial charge in [-0.05, 0) is 18.2 Å². The van der Waals surface area contributed by atoms with E-state index in [-0.39, 0.29) is 11.4 Å². The minimum atomic E-state index is -3.55. The first kappa shape index (κ1) is 17.0. The van der Waals surface area contributed by atoms with Gasteiger partial charge in [-0.2, -0.15) is 9.40 Å². The van der Waals surface area contributed by atoms with E-state index in [4.69, 9.17) is 0 Å². The predicted molar refractivity (Wildman–Crippen MR) is 93.5 cm³/mol. The van der Waals surface area contributed by atoms with Gasteiger partial charge < -0.3 is 9.67 Å². The molecular weight excluding hydrogens is 354 g/mol. The van der Waals surface area contributed by atoms with Gasteiger partial charge in [-0.25, -0.2) is 13.4 Å². The number of aliphatic hydroxyl groups excluding tert-OH is 1. The Morgan fingerprint density at radius 1 is 1.19 bits per heavy atom. The normalized spacial score (nSPS) is 16.4. The van der Waals surface area contributed by atoms with Crippen molar-refractivity contribution in [3.05, 3.63) is 66.0 Å². The van der Waals surface area contributed by atoms with Gasteiger partial charge in [0.25, 0.3) is 0 Å². The van der Waals surface area contributed by atoms with Crippen molar-refractivity contribution in [3.63, 3.8) is 0 Å². The number of rotatable bonds is 4. The maximum absolute atomic E-state index is 12.8. The van der Waals surface area contributed by atoms with Crippen molar-refractivity contribution in [1.29, 1.82) is 0 Å². The number of imidazole rings is 1. The van der Waals surface area contributed by atoms with Gasteiger partial charge in [-0.15, -0.1) is 0 Å². The number of benzene rings is 1. The van der Waals surface area contributed by atoms with Crippen LogP contribution in [0.1, 0.15) is 23.3 Å². The second-order valence-corrected chi connectivity index (χ2v) is 8.17. The van der Waals surface area contributed by atoms with Crippen LogP contribution in [-0.2, 0) is 30.2 Å². The van der Waals surface area contributed by atoms with E-state index in [0.29, 0.717) is 24.6 Å². The number of aliphatic hydroxyl groups is 1. The molecular formula is C17H19N5O3S. The summed E-state index contributed by atoms with van der Waals surface area (Å²) in [5, 5.41) is 15.0. The molecule has 3 heterocycles. The summed E-state index contributed by atoms with van der Waals surface area (Å²) < 4.78 is 30.5. The Morgan fingerprint density at radius 3 is 2.65 bits per heavy atom. The lowest BCUT2D eigenvalue weighted by atomic mass is 10.2.